The molecule has 1 heterocycles. The molecule has 0 unspecified atom stereocenters. The van der Waals surface area contributed by atoms with Crippen LogP contribution in [0, 0.1) is 0 Å². The average Bonchev–Trinajstić information content (AvgIpc) is 4.03. The Balaban J connectivity index is 1.000. The maximum Gasteiger partial charge on any atom is 0.135 e. The highest BCUT2D eigenvalue weighted by Crippen LogP contribution is 2.58. The Morgan fingerprint density at radius 2 is 0.667 bits per heavy atom. The fourth-order valence-corrected chi connectivity index (χ4v) is 11.8. The Labute approximate surface area is 437 Å². The molecular weight excluding hydrogens is 907 g/mol. The van der Waals surface area contributed by atoms with Gasteiger partial charge in [0, 0.05) is 27.7 Å². The van der Waals surface area contributed by atoms with Gasteiger partial charge in [-0.05, 0) is 144 Å². The van der Waals surface area contributed by atoms with Crippen molar-refractivity contribution in [1.29, 1.82) is 0 Å². The van der Waals surface area contributed by atoms with Gasteiger partial charge in [0.2, 0.25) is 0 Å². The highest BCUT2D eigenvalue weighted by atomic mass is 16.3. The van der Waals surface area contributed by atoms with Gasteiger partial charge in [-0.25, -0.2) is 0 Å². The minimum atomic E-state index is -0.632. The smallest absolute Gasteiger partial charge is 0.135 e. The molecule has 0 N–H and O–H groups in total. The maximum absolute atomic E-state index is 6.25. The second kappa shape index (κ2) is 18.4. The Kier molecular flexibility index (Phi) is 10.8. The number of para-hydroxylation sites is 1. The lowest BCUT2D eigenvalue weighted by Gasteiger charge is -2.35. The number of nitrogens with zero attached hydrogens (tertiary/aromatic N) is 1. The normalized spacial score (nSPS) is 12.4. The van der Waals surface area contributed by atoms with Crippen LogP contribution in [-0.2, 0) is 5.41 Å². The molecule has 2 heteroatoms. The summed E-state index contributed by atoms with van der Waals surface area (Å²) in [4.78, 5) is 2.48. The van der Waals surface area contributed by atoms with Crippen molar-refractivity contribution >= 4 is 39.0 Å². The molecule has 14 rings (SSSR count). The number of rotatable bonds is 10. The summed E-state index contributed by atoms with van der Waals surface area (Å²) in [7, 11) is 0. The monoisotopic (exact) mass is 955 g/mol. The third-order valence-electron chi connectivity index (χ3n) is 15.4. The predicted molar refractivity (Wildman–Crippen MR) is 313 cm³/mol. The van der Waals surface area contributed by atoms with Crippen LogP contribution in [0.1, 0.15) is 22.3 Å². The highest BCUT2D eigenvalue weighted by Gasteiger charge is 2.46. The topological polar surface area (TPSA) is 16.4 Å². The van der Waals surface area contributed by atoms with E-state index in [2.05, 4.69) is 290 Å². The van der Waals surface area contributed by atoms with Crippen molar-refractivity contribution in [2.24, 2.45) is 0 Å². The van der Waals surface area contributed by atoms with E-state index in [0.29, 0.717) is 0 Å². The van der Waals surface area contributed by atoms with Gasteiger partial charge in [0.15, 0.2) is 0 Å². The van der Waals surface area contributed by atoms with Crippen LogP contribution in [0.25, 0.3) is 88.7 Å². The fraction of sp³-hybridized carbons (Fsp3) is 0.0137. The molecule has 352 valence electrons. The van der Waals surface area contributed by atoms with Crippen molar-refractivity contribution in [1.82, 2.24) is 0 Å². The predicted octanol–water partition coefficient (Wildman–Crippen LogP) is 19.8. The molecule has 1 aromatic heterocycles. The maximum atomic E-state index is 6.25. The third kappa shape index (κ3) is 7.58. The highest BCUT2D eigenvalue weighted by molar-refractivity contribution is 6.06. The van der Waals surface area contributed by atoms with Crippen molar-refractivity contribution in [2.75, 3.05) is 4.90 Å². The summed E-state index contributed by atoms with van der Waals surface area (Å²) in [5, 5.41) is 2.24. The fourth-order valence-electron chi connectivity index (χ4n) is 11.8. The minimum Gasteiger partial charge on any atom is -0.456 e. The van der Waals surface area contributed by atoms with Gasteiger partial charge in [-0.15, -0.1) is 0 Å². The van der Waals surface area contributed by atoms with E-state index in [-0.39, 0.29) is 0 Å². The average molecular weight is 956 g/mol. The lowest BCUT2D eigenvalue weighted by atomic mass is 9.67. The first-order chi connectivity index (χ1) is 37.2. The molecule has 0 spiro atoms. The van der Waals surface area contributed by atoms with Gasteiger partial charge in [0.25, 0.3) is 0 Å². The van der Waals surface area contributed by atoms with Gasteiger partial charge in [-0.2, -0.15) is 0 Å². The summed E-state index contributed by atoms with van der Waals surface area (Å²) in [6.45, 7) is 0. The van der Waals surface area contributed by atoms with Crippen LogP contribution in [0.2, 0.25) is 0 Å². The zero-order chi connectivity index (χ0) is 49.7. The van der Waals surface area contributed by atoms with Gasteiger partial charge >= 0.3 is 0 Å². The summed E-state index contributed by atoms with van der Waals surface area (Å²) in [5.74, 6) is 0. The molecule has 1 aliphatic rings. The van der Waals surface area contributed by atoms with Crippen LogP contribution in [0.3, 0.4) is 0 Å². The molecule has 75 heavy (non-hydrogen) atoms. The lowest BCUT2D eigenvalue weighted by Crippen LogP contribution is -2.28. The molecule has 0 atom stereocenters. The molecule has 1 aliphatic carbocycles. The van der Waals surface area contributed by atoms with Crippen molar-refractivity contribution in [3.05, 3.63) is 320 Å². The van der Waals surface area contributed by atoms with Crippen LogP contribution in [-0.4, -0.2) is 0 Å². The molecular formula is C73H49NO. The first-order valence-electron chi connectivity index (χ1n) is 25.8. The molecule has 2 nitrogen and oxygen atoms in total. The quantitative estimate of drug-likeness (QED) is 0.136. The molecule has 0 amide bonds. The first kappa shape index (κ1) is 44.0. The molecule has 0 radical (unpaired) electrons. The molecule has 12 aromatic carbocycles. The van der Waals surface area contributed by atoms with E-state index >= 15 is 0 Å². The molecule has 0 saturated heterocycles. The summed E-state index contributed by atoms with van der Waals surface area (Å²) in [6.07, 6.45) is 0. The minimum absolute atomic E-state index is 0.632. The summed E-state index contributed by atoms with van der Waals surface area (Å²) in [6, 6.07) is 109. The van der Waals surface area contributed by atoms with Gasteiger partial charge in [0.05, 0.1) is 11.1 Å². The molecule has 0 saturated carbocycles. The molecule has 13 aromatic rings. The van der Waals surface area contributed by atoms with E-state index in [1.54, 1.807) is 0 Å². The Bertz CT molecular complexity index is 4140. The van der Waals surface area contributed by atoms with E-state index < -0.39 is 5.41 Å². The number of hydrogen-bond donors (Lipinski definition) is 0. The lowest BCUT2D eigenvalue weighted by molar-refractivity contribution is 0.669. The number of furan rings is 1. The van der Waals surface area contributed by atoms with Crippen LogP contribution in [0.4, 0.5) is 17.1 Å². The van der Waals surface area contributed by atoms with Gasteiger partial charge < -0.3 is 9.32 Å². The van der Waals surface area contributed by atoms with Crippen LogP contribution < -0.4 is 4.90 Å². The second-order valence-electron chi connectivity index (χ2n) is 19.6. The largest absolute Gasteiger partial charge is 0.456 e. The molecule has 0 fully saturated rings. The van der Waals surface area contributed by atoms with E-state index in [1.807, 2.05) is 12.1 Å². The van der Waals surface area contributed by atoms with Crippen LogP contribution in [0.15, 0.2) is 302 Å². The van der Waals surface area contributed by atoms with Gasteiger partial charge in [0.1, 0.15) is 11.2 Å². The number of anilines is 3. The third-order valence-corrected chi connectivity index (χ3v) is 15.4. The Morgan fingerprint density at radius 1 is 0.253 bits per heavy atom. The van der Waals surface area contributed by atoms with Crippen molar-refractivity contribution in [2.45, 2.75) is 5.41 Å². The van der Waals surface area contributed by atoms with Crippen LogP contribution >= 0.6 is 0 Å². The number of fused-ring (bicyclic) bond motifs is 6. The zero-order valence-electron chi connectivity index (χ0n) is 41.1. The number of hydrogen-bond acceptors (Lipinski definition) is 2. The van der Waals surface area contributed by atoms with Crippen LogP contribution in [0.5, 0.6) is 0 Å². The molecule has 0 bridgehead atoms. The van der Waals surface area contributed by atoms with Crippen molar-refractivity contribution in [3.63, 3.8) is 0 Å². The molecule has 0 aliphatic heterocycles. The summed E-state index contributed by atoms with van der Waals surface area (Å²) >= 11 is 0. The van der Waals surface area contributed by atoms with E-state index in [9.17, 15) is 0 Å². The standard InChI is InChI=1S/C73H49NO/c1-6-18-50(19-7-1)53-30-32-55(33-31-53)66-46-56(51-20-8-2-9-21-51)37-44-70(66)74(61-39-34-54(35-40-61)57-38-45-72-67(47-57)65-28-16-17-29-71(65)75-72)62-41-43-64-63-42-36-58(52-22-10-3-11-23-52)48-68(63)73(69(64)49-62,59-24-12-4-13-25-59)60-26-14-5-15-27-60/h1-49H. The Morgan fingerprint density at radius 3 is 1.31 bits per heavy atom. The Hall–Kier alpha value is -9.76. The van der Waals surface area contributed by atoms with Gasteiger partial charge in [-0.1, -0.05) is 237 Å². The van der Waals surface area contributed by atoms with Crippen molar-refractivity contribution < 1.29 is 4.42 Å². The number of benzene rings is 12. The van der Waals surface area contributed by atoms with Gasteiger partial charge in [-0.3, -0.25) is 0 Å². The zero-order valence-corrected chi connectivity index (χ0v) is 41.1. The van der Waals surface area contributed by atoms with E-state index in [1.165, 1.54) is 61.2 Å². The summed E-state index contributed by atoms with van der Waals surface area (Å²) in [5.41, 5.74) is 23.4. The second-order valence-corrected chi connectivity index (χ2v) is 19.6. The van der Waals surface area contributed by atoms with E-state index in [4.69, 9.17) is 4.42 Å². The summed E-state index contributed by atoms with van der Waals surface area (Å²) < 4.78 is 6.25. The first-order valence-corrected chi connectivity index (χ1v) is 25.8. The van der Waals surface area contributed by atoms with E-state index in [0.717, 1.165) is 66.8 Å². The van der Waals surface area contributed by atoms with Crippen molar-refractivity contribution in [3.8, 4) is 66.8 Å². The SMILES string of the molecule is c1ccc(-c2ccc(-c3cc(-c4ccccc4)ccc3N(c3ccc(-c4ccc5oc6ccccc6c5c4)cc3)c3ccc4c(c3)C(c3ccccc3)(c3ccccc3)c3cc(-c5ccccc5)ccc3-4)cc2)cc1.